The van der Waals surface area contributed by atoms with E-state index in [2.05, 4.69) is 10.3 Å². The molecule has 172 valence electrons. The van der Waals surface area contributed by atoms with E-state index in [0.717, 1.165) is 11.1 Å². The fourth-order valence-corrected chi connectivity index (χ4v) is 3.47. The summed E-state index contributed by atoms with van der Waals surface area (Å²) in [5.74, 6) is 1.22. The molecule has 2 heterocycles. The molecule has 0 fully saturated rings. The minimum Gasteiger partial charge on any atom is -0.508 e. The number of ether oxygens (including phenoxy) is 2. The number of aromatic nitrogens is 2. The molecular formula is C24H25ClN4O4. The summed E-state index contributed by atoms with van der Waals surface area (Å²) < 4.78 is 12.4. The van der Waals surface area contributed by atoms with Crippen molar-refractivity contribution in [3.63, 3.8) is 0 Å². The number of nitrogens with two attached hydrogens (primary N) is 1. The van der Waals surface area contributed by atoms with Crippen LogP contribution in [0.3, 0.4) is 0 Å². The molecule has 4 rings (SSSR count). The fraction of sp³-hybridized carbons (Fsp3) is 0.167. The Labute approximate surface area is 197 Å². The fourth-order valence-electron chi connectivity index (χ4n) is 3.47. The molecule has 4 N–H and O–H groups in total. The number of aromatic hydroxyl groups is 1. The number of nitrogen functional groups attached to an aromatic ring is 1. The number of amides is 1. The molecule has 4 aromatic rings. The van der Waals surface area contributed by atoms with Crippen molar-refractivity contribution >= 4 is 29.6 Å². The lowest BCUT2D eigenvalue weighted by atomic mass is 10.1. The third-order valence-electron chi connectivity index (χ3n) is 5.16. The van der Waals surface area contributed by atoms with E-state index in [9.17, 15) is 9.90 Å². The van der Waals surface area contributed by atoms with Crippen LogP contribution in [0.1, 0.15) is 15.9 Å². The quantitative estimate of drug-likeness (QED) is 0.381. The summed E-state index contributed by atoms with van der Waals surface area (Å²) in [6.07, 6.45) is 4.18. The SMILES string of the molecule is COc1ccc(-c2cn3cc(C(=O)NCCc4ccc(O)cc4)cc(N)c3n2)cc1OC.Cl. The van der Waals surface area contributed by atoms with E-state index >= 15 is 0 Å². The highest BCUT2D eigenvalue weighted by Crippen LogP contribution is 2.32. The molecular weight excluding hydrogens is 444 g/mol. The van der Waals surface area contributed by atoms with Gasteiger partial charge in [-0.15, -0.1) is 12.4 Å². The number of rotatable bonds is 7. The van der Waals surface area contributed by atoms with E-state index in [1.165, 1.54) is 0 Å². The van der Waals surface area contributed by atoms with Gasteiger partial charge in [0.25, 0.3) is 5.91 Å². The number of phenolic OH excluding ortho intramolecular Hbond substituents is 1. The topological polar surface area (TPSA) is 111 Å². The Morgan fingerprint density at radius 3 is 2.48 bits per heavy atom. The van der Waals surface area contributed by atoms with Gasteiger partial charge in [0.2, 0.25) is 0 Å². The Morgan fingerprint density at radius 2 is 1.79 bits per heavy atom. The van der Waals surface area contributed by atoms with Crippen molar-refractivity contribution < 1.29 is 19.4 Å². The highest BCUT2D eigenvalue weighted by atomic mass is 35.5. The maximum Gasteiger partial charge on any atom is 0.252 e. The van der Waals surface area contributed by atoms with Crippen molar-refractivity contribution in [2.45, 2.75) is 6.42 Å². The molecule has 0 unspecified atom stereocenters. The molecule has 33 heavy (non-hydrogen) atoms. The van der Waals surface area contributed by atoms with Crippen LogP contribution in [-0.4, -0.2) is 41.2 Å². The van der Waals surface area contributed by atoms with Crippen LogP contribution < -0.4 is 20.5 Å². The molecule has 0 saturated heterocycles. The monoisotopic (exact) mass is 468 g/mol. The number of halogens is 1. The maximum atomic E-state index is 12.6. The van der Waals surface area contributed by atoms with E-state index in [1.54, 1.807) is 43.0 Å². The summed E-state index contributed by atoms with van der Waals surface area (Å²) in [6.45, 7) is 0.461. The molecule has 2 aromatic carbocycles. The van der Waals surface area contributed by atoms with Crippen LogP contribution >= 0.6 is 12.4 Å². The third kappa shape index (κ3) is 5.12. The number of imidazole rings is 1. The van der Waals surface area contributed by atoms with Crippen molar-refractivity contribution in [2.75, 3.05) is 26.5 Å². The third-order valence-corrected chi connectivity index (χ3v) is 5.16. The summed E-state index contributed by atoms with van der Waals surface area (Å²) in [4.78, 5) is 17.3. The van der Waals surface area contributed by atoms with Gasteiger partial charge in [0, 0.05) is 24.5 Å². The molecule has 0 aliphatic carbocycles. The first-order valence-corrected chi connectivity index (χ1v) is 10.0. The van der Waals surface area contributed by atoms with Crippen molar-refractivity contribution in [2.24, 2.45) is 0 Å². The highest BCUT2D eigenvalue weighted by Gasteiger charge is 2.14. The van der Waals surface area contributed by atoms with E-state index in [1.807, 2.05) is 36.5 Å². The summed E-state index contributed by atoms with van der Waals surface area (Å²) in [7, 11) is 3.16. The molecule has 0 radical (unpaired) electrons. The Kier molecular flexibility index (Phi) is 7.30. The molecule has 0 spiro atoms. The predicted octanol–water partition coefficient (Wildman–Crippen LogP) is 3.70. The number of pyridine rings is 1. The van der Waals surface area contributed by atoms with Crippen LogP contribution in [0, 0.1) is 0 Å². The number of nitrogens with one attached hydrogen (secondary N) is 1. The Bertz CT molecular complexity index is 1270. The van der Waals surface area contributed by atoms with Crippen molar-refractivity contribution in [3.8, 4) is 28.5 Å². The predicted molar refractivity (Wildman–Crippen MR) is 130 cm³/mol. The second kappa shape index (κ2) is 10.1. The smallest absolute Gasteiger partial charge is 0.252 e. The molecule has 0 bridgehead atoms. The van der Waals surface area contributed by atoms with Gasteiger partial charge in [-0.05, 0) is 48.4 Å². The number of anilines is 1. The summed E-state index contributed by atoms with van der Waals surface area (Å²) in [5, 5.41) is 12.3. The van der Waals surface area contributed by atoms with Gasteiger partial charge in [-0.25, -0.2) is 4.98 Å². The van der Waals surface area contributed by atoms with E-state index in [-0.39, 0.29) is 24.1 Å². The minimum absolute atomic E-state index is 0. The summed E-state index contributed by atoms with van der Waals surface area (Å²) >= 11 is 0. The van der Waals surface area contributed by atoms with Gasteiger partial charge in [-0.2, -0.15) is 0 Å². The first kappa shape index (κ1) is 23.7. The standard InChI is InChI=1S/C24H24N4O4.ClH/c1-31-21-8-5-16(12-22(21)32-2)20-14-28-13-17(11-19(25)23(28)27-20)24(30)26-10-9-15-3-6-18(29)7-4-15;/h3-8,11-14,29H,9-10,25H2,1-2H3,(H,26,30);1H. The first-order chi connectivity index (χ1) is 15.5. The number of phenols is 1. The van der Waals surface area contributed by atoms with Crippen LogP contribution in [0.25, 0.3) is 16.9 Å². The lowest BCUT2D eigenvalue weighted by Crippen LogP contribution is -2.26. The molecule has 1 amide bonds. The second-order valence-electron chi connectivity index (χ2n) is 7.28. The number of hydrogen-bond donors (Lipinski definition) is 3. The van der Waals surface area contributed by atoms with Crippen LogP contribution in [0.2, 0.25) is 0 Å². The molecule has 0 aliphatic heterocycles. The number of benzene rings is 2. The van der Waals surface area contributed by atoms with Crippen molar-refractivity contribution in [1.82, 2.24) is 14.7 Å². The molecule has 0 saturated carbocycles. The van der Waals surface area contributed by atoms with Gasteiger partial charge in [-0.1, -0.05) is 12.1 Å². The summed E-state index contributed by atoms with van der Waals surface area (Å²) in [5.41, 5.74) is 10.2. The molecule has 8 nitrogen and oxygen atoms in total. The van der Waals surface area contributed by atoms with E-state index in [4.69, 9.17) is 15.2 Å². The van der Waals surface area contributed by atoms with Crippen LogP contribution in [0.4, 0.5) is 5.69 Å². The van der Waals surface area contributed by atoms with Gasteiger partial charge in [-0.3, -0.25) is 4.79 Å². The Hall–Kier alpha value is -3.91. The number of nitrogens with zero attached hydrogens (tertiary/aromatic N) is 2. The first-order valence-electron chi connectivity index (χ1n) is 10.0. The minimum atomic E-state index is -0.223. The Morgan fingerprint density at radius 1 is 1.06 bits per heavy atom. The average Bonchev–Trinajstić information content (AvgIpc) is 3.24. The van der Waals surface area contributed by atoms with Gasteiger partial charge >= 0.3 is 0 Å². The van der Waals surface area contributed by atoms with Crippen LogP contribution in [0.5, 0.6) is 17.2 Å². The van der Waals surface area contributed by atoms with E-state index in [0.29, 0.717) is 47.1 Å². The maximum absolute atomic E-state index is 12.6. The Balaban J connectivity index is 0.00000306. The van der Waals surface area contributed by atoms with Gasteiger partial charge in [0.1, 0.15) is 5.75 Å². The normalized spacial score (nSPS) is 10.5. The van der Waals surface area contributed by atoms with Gasteiger partial charge < -0.3 is 30.0 Å². The number of carbonyl (C=O) groups is 1. The zero-order valence-electron chi connectivity index (χ0n) is 18.2. The van der Waals surface area contributed by atoms with Gasteiger partial charge in [0.05, 0.1) is 31.2 Å². The lowest BCUT2D eigenvalue weighted by Gasteiger charge is -2.08. The molecule has 0 aliphatic rings. The number of methoxy groups -OCH3 is 2. The largest absolute Gasteiger partial charge is 0.508 e. The zero-order chi connectivity index (χ0) is 22.7. The number of hydrogen-bond acceptors (Lipinski definition) is 6. The zero-order valence-corrected chi connectivity index (χ0v) is 19.1. The van der Waals surface area contributed by atoms with Crippen molar-refractivity contribution in [3.05, 3.63) is 72.1 Å². The molecule has 2 aromatic heterocycles. The second-order valence-corrected chi connectivity index (χ2v) is 7.28. The highest BCUT2D eigenvalue weighted by molar-refractivity contribution is 5.95. The van der Waals surface area contributed by atoms with Crippen LogP contribution in [-0.2, 0) is 6.42 Å². The van der Waals surface area contributed by atoms with Crippen LogP contribution in [0.15, 0.2) is 60.9 Å². The van der Waals surface area contributed by atoms with E-state index < -0.39 is 0 Å². The lowest BCUT2D eigenvalue weighted by molar-refractivity contribution is 0.0953. The van der Waals surface area contributed by atoms with Crippen molar-refractivity contribution in [1.29, 1.82) is 0 Å². The average molecular weight is 469 g/mol. The molecule has 9 heteroatoms. The summed E-state index contributed by atoms with van der Waals surface area (Å²) in [6, 6.07) is 14.1. The van der Waals surface area contributed by atoms with Gasteiger partial charge in [0.15, 0.2) is 17.1 Å². The number of carbonyl (C=O) groups excluding carboxylic acids is 1. The molecule has 0 atom stereocenters. The number of fused-ring (bicyclic) bond motifs is 1.